The Hall–Kier alpha value is -2.16. The fourth-order valence-corrected chi connectivity index (χ4v) is 3.24. The molecule has 1 aliphatic carbocycles. The number of rotatable bonds is 2. The highest BCUT2D eigenvalue weighted by atomic mass is 14.9. The summed E-state index contributed by atoms with van der Waals surface area (Å²) in [5.41, 5.74) is 6.29. The predicted molar refractivity (Wildman–Crippen MR) is 84.5 cm³/mol. The quantitative estimate of drug-likeness (QED) is 0.769. The smallest absolute Gasteiger partial charge is 0.116 e. The van der Waals surface area contributed by atoms with E-state index in [9.17, 15) is 0 Å². The van der Waals surface area contributed by atoms with Crippen LogP contribution in [0.3, 0.4) is 0 Å². The van der Waals surface area contributed by atoms with Crippen molar-refractivity contribution in [3.8, 4) is 0 Å². The Morgan fingerprint density at radius 3 is 2.67 bits per heavy atom. The van der Waals surface area contributed by atoms with Gasteiger partial charge in [-0.25, -0.2) is 4.98 Å². The highest BCUT2D eigenvalue weighted by Crippen LogP contribution is 2.28. The van der Waals surface area contributed by atoms with Gasteiger partial charge in [0.15, 0.2) is 0 Å². The molecule has 3 nitrogen and oxygen atoms in total. The van der Waals surface area contributed by atoms with Crippen LogP contribution in [0.5, 0.6) is 0 Å². The molecule has 0 fully saturated rings. The second kappa shape index (κ2) is 4.99. The molecule has 1 unspecified atom stereocenters. The second-order valence-electron chi connectivity index (χ2n) is 5.94. The van der Waals surface area contributed by atoms with E-state index in [-0.39, 0.29) is 5.92 Å². The first-order chi connectivity index (χ1) is 10.3. The van der Waals surface area contributed by atoms with Crippen LogP contribution in [-0.4, -0.2) is 15.0 Å². The molecular formula is C18H19N3. The van der Waals surface area contributed by atoms with Crippen molar-refractivity contribution >= 4 is 11.0 Å². The maximum atomic E-state index is 4.80. The monoisotopic (exact) mass is 277 g/mol. The molecule has 3 aromatic rings. The van der Waals surface area contributed by atoms with E-state index in [1.54, 1.807) is 0 Å². The predicted octanol–water partition coefficient (Wildman–Crippen LogP) is 3.99. The summed E-state index contributed by atoms with van der Waals surface area (Å²) in [6.07, 6.45) is 6.86. The van der Waals surface area contributed by atoms with Crippen molar-refractivity contribution in [3.63, 3.8) is 0 Å². The molecule has 21 heavy (non-hydrogen) atoms. The third-order valence-electron chi connectivity index (χ3n) is 4.51. The van der Waals surface area contributed by atoms with E-state index in [2.05, 4.69) is 35.1 Å². The van der Waals surface area contributed by atoms with Gasteiger partial charge < -0.3 is 4.98 Å². The summed E-state index contributed by atoms with van der Waals surface area (Å²) in [5.74, 6) is 1.20. The summed E-state index contributed by atoms with van der Waals surface area (Å²) in [6, 6.07) is 10.6. The molecule has 3 heteroatoms. The van der Waals surface area contributed by atoms with E-state index in [0.29, 0.717) is 0 Å². The Labute approximate surface area is 124 Å². The van der Waals surface area contributed by atoms with Gasteiger partial charge in [0.05, 0.1) is 22.6 Å². The first kappa shape index (κ1) is 12.6. The number of H-pyrrole nitrogens is 1. The van der Waals surface area contributed by atoms with Gasteiger partial charge in [-0.2, -0.15) is 0 Å². The number of aryl methyl sites for hydroxylation is 2. The van der Waals surface area contributed by atoms with Crippen molar-refractivity contribution in [1.82, 2.24) is 15.0 Å². The maximum absolute atomic E-state index is 4.80. The van der Waals surface area contributed by atoms with Gasteiger partial charge in [-0.15, -0.1) is 0 Å². The van der Waals surface area contributed by atoms with Gasteiger partial charge in [-0.1, -0.05) is 6.07 Å². The minimum absolute atomic E-state index is 0.190. The van der Waals surface area contributed by atoms with Crippen molar-refractivity contribution in [2.45, 2.75) is 38.5 Å². The van der Waals surface area contributed by atoms with Crippen LogP contribution in [0.4, 0.5) is 0 Å². The zero-order valence-electron chi connectivity index (χ0n) is 12.3. The lowest BCUT2D eigenvalue weighted by atomic mass is 9.91. The molecule has 4 rings (SSSR count). The standard InChI is InChI=1S/C18H19N3/c1-12(15-8-4-5-9-19-15)18-20-16-10-13-6-2-3-7-14(13)11-17(16)21-18/h4-5,8-12H,2-3,6-7H2,1H3,(H,20,21). The Balaban J connectivity index is 1.77. The maximum Gasteiger partial charge on any atom is 0.116 e. The molecule has 0 amide bonds. The Kier molecular flexibility index (Phi) is 2.99. The molecule has 0 bridgehead atoms. The molecular weight excluding hydrogens is 258 g/mol. The third kappa shape index (κ3) is 2.23. The lowest BCUT2D eigenvalue weighted by molar-refractivity contribution is 0.687. The highest BCUT2D eigenvalue weighted by molar-refractivity contribution is 5.77. The number of benzene rings is 1. The molecule has 1 aliphatic rings. The van der Waals surface area contributed by atoms with Crippen LogP contribution in [0.15, 0.2) is 36.5 Å². The van der Waals surface area contributed by atoms with E-state index in [4.69, 9.17) is 4.98 Å². The fourth-order valence-electron chi connectivity index (χ4n) is 3.24. The Bertz CT molecular complexity index is 731. The summed E-state index contributed by atoms with van der Waals surface area (Å²) >= 11 is 0. The molecule has 2 aromatic heterocycles. The molecule has 1 aromatic carbocycles. The first-order valence-corrected chi connectivity index (χ1v) is 7.73. The van der Waals surface area contributed by atoms with Crippen molar-refractivity contribution in [1.29, 1.82) is 0 Å². The normalized spacial score (nSPS) is 15.9. The zero-order chi connectivity index (χ0) is 14.2. The molecule has 0 saturated carbocycles. The number of pyridine rings is 1. The van der Waals surface area contributed by atoms with Gasteiger partial charge in [0.25, 0.3) is 0 Å². The van der Waals surface area contributed by atoms with E-state index < -0.39 is 0 Å². The molecule has 106 valence electrons. The van der Waals surface area contributed by atoms with Gasteiger partial charge in [0.2, 0.25) is 0 Å². The van der Waals surface area contributed by atoms with Crippen molar-refractivity contribution < 1.29 is 0 Å². The largest absolute Gasteiger partial charge is 0.341 e. The van der Waals surface area contributed by atoms with Gasteiger partial charge in [0.1, 0.15) is 5.82 Å². The Morgan fingerprint density at radius 1 is 1.10 bits per heavy atom. The van der Waals surface area contributed by atoms with E-state index in [1.807, 2.05) is 18.3 Å². The second-order valence-corrected chi connectivity index (χ2v) is 5.94. The number of hydrogen-bond acceptors (Lipinski definition) is 2. The number of nitrogens with zero attached hydrogens (tertiary/aromatic N) is 2. The molecule has 0 radical (unpaired) electrons. The van der Waals surface area contributed by atoms with Crippen LogP contribution in [0.2, 0.25) is 0 Å². The summed E-state index contributed by atoms with van der Waals surface area (Å²) in [5, 5.41) is 0. The summed E-state index contributed by atoms with van der Waals surface area (Å²) in [7, 11) is 0. The van der Waals surface area contributed by atoms with Crippen LogP contribution >= 0.6 is 0 Å². The van der Waals surface area contributed by atoms with Crippen molar-refractivity contribution in [2.24, 2.45) is 0 Å². The topological polar surface area (TPSA) is 41.6 Å². The number of imidazole rings is 1. The molecule has 0 saturated heterocycles. The summed E-state index contributed by atoms with van der Waals surface area (Å²) < 4.78 is 0. The van der Waals surface area contributed by atoms with E-state index >= 15 is 0 Å². The Morgan fingerprint density at radius 2 is 1.90 bits per heavy atom. The summed E-state index contributed by atoms with van der Waals surface area (Å²) in [4.78, 5) is 12.7. The minimum atomic E-state index is 0.190. The SMILES string of the molecule is CC(c1ccccn1)c1nc2cc3c(cc2[nH]1)CCCC3. The molecule has 1 atom stereocenters. The number of fused-ring (bicyclic) bond motifs is 2. The molecule has 0 spiro atoms. The van der Waals surface area contributed by atoms with Gasteiger partial charge in [0, 0.05) is 6.20 Å². The number of aromatic amines is 1. The van der Waals surface area contributed by atoms with Gasteiger partial charge in [-0.3, -0.25) is 4.98 Å². The number of hydrogen-bond donors (Lipinski definition) is 1. The zero-order valence-corrected chi connectivity index (χ0v) is 12.3. The third-order valence-corrected chi connectivity index (χ3v) is 4.51. The number of aromatic nitrogens is 3. The van der Waals surface area contributed by atoms with Crippen LogP contribution in [0.1, 0.15) is 48.3 Å². The fraction of sp³-hybridized carbons (Fsp3) is 0.333. The van der Waals surface area contributed by atoms with Crippen LogP contribution in [-0.2, 0) is 12.8 Å². The van der Waals surface area contributed by atoms with Crippen LogP contribution in [0.25, 0.3) is 11.0 Å². The molecule has 0 aliphatic heterocycles. The van der Waals surface area contributed by atoms with Crippen molar-refractivity contribution in [3.05, 3.63) is 59.2 Å². The lowest BCUT2D eigenvalue weighted by Crippen LogP contribution is -2.01. The van der Waals surface area contributed by atoms with Gasteiger partial charge >= 0.3 is 0 Å². The highest BCUT2D eigenvalue weighted by Gasteiger charge is 2.16. The van der Waals surface area contributed by atoms with Crippen LogP contribution < -0.4 is 0 Å². The summed E-state index contributed by atoms with van der Waals surface area (Å²) in [6.45, 7) is 2.15. The minimum Gasteiger partial charge on any atom is -0.341 e. The van der Waals surface area contributed by atoms with Crippen molar-refractivity contribution in [2.75, 3.05) is 0 Å². The molecule has 1 N–H and O–H groups in total. The van der Waals surface area contributed by atoms with Crippen LogP contribution in [0, 0.1) is 0 Å². The first-order valence-electron chi connectivity index (χ1n) is 7.73. The van der Waals surface area contributed by atoms with Gasteiger partial charge in [-0.05, 0) is 68.0 Å². The van der Waals surface area contributed by atoms with E-state index in [1.165, 1.54) is 36.8 Å². The average molecular weight is 277 g/mol. The van der Waals surface area contributed by atoms with E-state index in [0.717, 1.165) is 22.6 Å². The lowest BCUT2D eigenvalue weighted by Gasteiger charge is -2.14. The average Bonchev–Trinajstić information content (AvgIpc) is 2.95. The molecule has 2 heterocycles. The number of nitrogens with one attached hydrogen (secondary N) is 1.